The van der Waals surface area contributed by atoms with E-state index in [1.165, 1.54) is 11.1 Å². The number of hydrogen-bond donors (Lipinski definition) is 1. The van der Waals surface area contributed by atoms with E-state index in [0.29, 0.717) is 18.6 Å². The van der Waals surface area contributed by atoms with Gasteiger partial charge in [0.15, 0.2) is 6.61 Å². The average Bonchev–Trinajstić information content (AvgIpc) is 2.66. The fourth-order valence-corrected chi connectivity index (χ4v) is 5.07. The first-order valence-electron chi connectivity index (χ1n) is 10.2. The first kappa shape index (κ1) is 18.2. The molecule has 4 rings (SSSR count). The summed E-state index contributed by atoms with van der Waals surface area (Å²) in [7, 11) is 0. The van der Waals surface area contributed by atoms with Crippen LogP contribution in [-0.2, 0) is 25.5 Å². The van der Waals surface area contributed by atoms with Crippen LogP contribution in [0.2, 0.25) is 0 Å². The van der Waals surface area contributed by atoms with Gasteiger partial charge in [-0.2, -0.15) is 0 Å². The van der Waals surface area contributed by atoms with E-state index in [1.54, 1.807) is 0 Å². The van der Waals surface area contributed by atoms with Crippen molar-refractivity contribution in [2.45, 2.75) is 57.4 Å². The number of nitrogens with one attached hydrogen (secondary N) is 1. The summed E-state index contributed by atoms with van der Waals surface area (Å²) in [6.07, 6.45) is 7.03. The fourth-order valence-electron chi connectivity index (χ4n) is 5.07. The molecule has 1 aromatic carbocycles. The molecule has 1 amide bonds. The van der Waals surface area contributed by atoms with Crippen LogP contribution in [-0.4, -0.2) is 24.3 Å². The van der Waals surface area contributed by atoms with Crippen LogP contribution in [0.25, 0.3) is 0 Å². The molecule has 0 radical (unpaired) electrons. The van der Waals surface area contributed by atoms with Crippen LogP contribution in [0.3, 0.4) is 0 Å². The zero-order chi connectivity index (χ0) is 18.8. The molecule has 5 heteroatoms. The number of fused-ring (bicyclic) bond motifs is 3. The minimum absolute atomic E-state index is 0.00666. The third kappa shape index (κ3) is 3.92. The Kier molecular flexibility index (Phi) is 5.28. The SMILES string of the molecule is O=C(COC(=O)C1CC2CCCC(C1)C2=O)NC1CCCc2ccccc21. The molecule has 0 saturated heterocycles. The molecule has 2 bridgehead atoms. The number of carbonyl (C=O) groups excluding carboxylic acids is 3. The highest BCUT2D eigenvalue weighted by molar-refractivity contribution is 5.88. The zero-order valence-corrected chi connectivity index (χ0v) is 15.6. The zero-order valence-electron chi connectivity index (χ0n) is 15.6. The Morgan fingerprint density at radius 2 is 1.78 bits per heavy atom. The molecule has 0 spiro atoms. The first-order chi connectivity index (χ1) is 13.1. The van der Waals surface area contributed by atoms with Crippen LogP contribution < -0.4 is 5.32 Å². The molecule has 2 fully saturated rings. The van der Waals surface area contributed by atoms with Gasteiger partial charge < -0.3 is 10.1 Å². The van der Waals surface area contributed by atoms with E-state index in [4.69, 9.17) is 4.74 Å². The molecular formula is C22H27NO4. The predicted molar refractivity (Wildman–Crippen MR) is 99.8 cm³/mol. The maximum atomic E-state index is 12.4. The summed E-state index contributed by atoms with van der Waals surface area (Å²) in [5, 5.41) is 3.01. The van der Waals surface area contributed by atoms with Crippen LogP contribution in [0.5, 0.6) is 0 Å². The summed E-state index contributed by atoms with van der Waals surface area (Å²) in [6.45, 7) is -0.239. The molecule has 3 aliphatic rings. The monoisotopic (exact) mass is 369 g/mol. The maximum absolute atomic E-state index is 12.4. The third-order valence-electron chi connectivity index (χ3n) is 6.43. The number of aryl methyl sites for hydroxylation is 1. The van der Waals surface area contributed by atoms with Crippen LogP contribution in [0, 0.1) is 17.8 Å². The van der Waals surface area contributed by atoms with Gasteiger partial charge in [0, 0.05) is 11.8 Å². The molecule has 0 aromatic heterocycles. The quantitative estimate of drug-likeness (QED) is 0.828. The van der Waals surface area contributed by atoms with Crippen molar-refractivity contribution in [2.75, 3.05) is 6.61 Å². The van der Waals surface area contributed by atoms with Gasteiger partial charge in [0.1, 0.15) is 5.78 Å². The van der Waals surface area contributed by atoms with Gasteiger partial charge in [-0.1, -0.05) is 30.7 Å². The number of esters is 1. The van der Waals surface area contributed by atoms with Crippen LogP contribution in [0.1, 0.15) is 62.1 Å². The van der Waals surface area contributed by atoms with Crippen molar-refractivity contribution >= 4 is 17.7 Å². The molecule has 3 atom stereocenters. The third-order valence-corrected chi connectivity index (χ3v) is 6.43. The number of ether oxygens (including phenoxy) is 1. The topological polar surface area (TPSA) is 72.5 Å². The van der Waals surface area contributed by atoms with Gasteiger partial charge in [0.2, 0.25) is 0 Å². The standard InChI is InChI=1S/C22H27NO4/c24-20(23-19-10-4-6-14-5-1-2-9-18(14)19)13-27-22(26)17-11-15-7-3-8-16(12-17)21(15)25/h1-2,5,9,15-17,19H,3-4,6-8,10-13H2,(H,23,24). The van der Waals surface area contributed by atoms with Gasteiger partial charge in [0.05, 0.1) is 12.0 Å². The van der Waals surface area contributed by atoms with Crippen molar-refractivity contribution in [3.8, 4) is 0 Å². The fraction of sp³-hybridized carbons (Fsp3) is 0.591. The normalized spacial score (nSPS) is 29.6. The minimum Gasteiger partial charge on any atom is -0.455 e. The van der Waals surface area contributed by atoms with Gasteiger partial charge in [-0.3, -0.25) is 14.4 Å². The number of benzene rings is 1. The molecule has 0 aliphatic heterocycles. The number of rotatable bonds is 4. The van der Waals surface area contributed by atoms with E-state index in [9.17, 15) is 14.4 Å². The second kappa shape index (κ2) is 7.83. The highest BCUT2D eigenvalue weighted by Gasteiger charge is 2.41. The minimum atomic E-state index is -0.321. The Balaban J connectivity index is 1.29. The first-order valence-corrected chi connectivity index (χ1v) is 10.2. The number of carbonyl (C=O) groups is 3. The molecule has 144 valence electrons. The largest absolute Gasteiger partial charge is 0.455 e. The van der Waals surface area contributed by atoms with Crippen LogP contribution in [0.4, 0.5) is 0 Å². The Morgan fingerprint density at radius 1 is 1.04 bits per heavy atom. The van der Waals surface area contributed by atoms with Crippen molar-refractivity contribution < 1.29 is 19.1 Å². The van der Waals surface area contributed by atoms with E-state index in [0.717, 1.165) is 38.5 Å². The molecule has 1 N–H and O–H groups in total. The summed E-state index contributed by atoms with van der Waals surface area (Å²) in [6, 6.07) is 8.17. The Bertz CT molecular complexity index is 728. The van der Waals surface area contributed by atoms with Crippen LogP contribution in [0.15, 0.2) is 24.3 Å². The summed E-state index contributed by atoms with van der Waals surface area (Å²) in [4.78, 5) is 36.9. The van der Waals surface area contributed by atoms with E-state index >= 15 is 0 Å². The Labute approximate surface area is 159 Å². The number of Topliss-reactive ketones (excluding diaryl/α,β-unsaturated/α-hetero) is 1. The van der Waals surface area contributed by atoms with Gasteiger partial charge in [-0.25, -0.2) is 0 Å². The molecule has 5 nitrogen and oxygen atoms in total. The van der Waals surface area contributed by atoms with Crippen molar-refractivity contribution in [1.29, 1.82) is 0 Å². The maximum Gasteiger partial charge on any atom is 0.309 e. The van der Waals surface area contributed by atoms with E-state index in [-0.39, 0.29) is 42.3 Å². The van der Waals surface area contributed by atoms with E-state index in [2.05, 4.69) is 17.4 Å². The molecule has 3 unspecified atom stereocenters. The van der Waals surface area contributed by atoms with Gasteiger partial charge >= 0.3 is 5.97 Å². The molecule has 27 heavy (non-hydrogen) atoms. The van der Waals surface area contributed by atoms with Crippen LogP contribution >= 0.6 is 0 Å². The lowest BCUT2D eigenvalue weighted by Crippen LogP contribution is -2.40. The smallest absolute Gasteiger partial charge is 0.309 e. The molecule has 2 saturated carbocycles. The van der Waals surface area contributed by atoms with E-state index < -0.39 is 0 Å². The second-order valence-corrected chi connectivity index (χ2v) is 8.21. The number of hydrogen-bond acceptors (Lipinski definition) is 4. The summed E-state index contributed by atoms with van der Waals surface area (Å²) < 4.78 is 5.31. The lowest BCUT2D eigenvalue weighted by atomic mass is 9.67. The Morgan fingerprint density at radius 3 is 2.56 bits per heavy atom. The lowest BCUT2D eigenvalue weighted by Gasteiger charge is -2.36. The number of amides is 1. The molecule has 1 aromatic rings. The summed E-state index contributed by atoms with van der Waals surface area (Å²) in [5.74, 6) is -0.443. The molecule has 0 heterocycles. The van der Waals surface area contributed by atoms with Gasteiger partial charge in [-0.05, 0) is 56.1 Å². The molecule has 3 aliphatic carbocycles. The van der Waals surface area contributed by atoms with Gasteiger partial charge in [-0.15, -0.1) is 0 Å². The Hall–Kier alpha value is -2.17. The average molecular weight is 369 g/mol. The predicted octanol–water partition coefficient (Wildman–Crippen LogP) is 3.12. The summed E-state index contributed by atoms with van der Waals surface area (Å²) in [5.41, 5.74) is 2.45. The van der Waals surface area contributed by atoms with Crippen molar-refractivity contribution in [1.82, 2.24) is 5.32 Å². The van der Waals surface area contributed by atoms with E-state index in [1.807, 2.05) is 12.1 Å². The van der Waals surface area contributed by atoms with Gasteiger partial charge in [0.25, 0.3) is 5.91 Å². The second-order valence-electron chi connectivity index (χ2n) is 8.21. The lowest BCUT2D eigenvalue weighted by molar-refractivity contribution is -0.156. The highest BCUT2D eigenvalue weighted by Crippen LogP contribution is 2.40. The summed E-state index contributed by atoms with van der Waals surface area (Å²) >= 11 is 0. The highest BCUT2D eigenvalue weighted by atomic mass is 16.5. The van der Waals surface area contributed by atoms with Crippen molar-refractivity contribution in [3.63, 3.8) is 0 Å². The molecular weight excluding hydrogens is 342 g/mol. The van der Waals surface area contributed by atoms with Crippen molar-refractivity contribution in [2.24, 2.45) is 17.8 Å². The van der Waals surface area contributed by atoms with Crippen molar-refractivity contribution in [3.05, 3.63) is 35.4 Å². The number of ketones is 1.